The van der Waals surface area contributed by atoms with Crippen LogP contribution in [-0.2, 0) is 0 Å². The summed E-state index contributed by atoms with van der Waals surface area (Å²) in [6, 6.07) is 0.541. The Hall–Kier alpha value is -1.62. The van der Waals surface area contributed by atoms with E-state index in [2.05, 4.69) is 24.0 Å². The second-order valence-electron chi connectivity index (χ2n) is 6.52. The lowest BCUT2D eigenvalue weighted by Crippen LogP contribution is -2.34. The molecule has 5 nitrogen and oxygen atoms in total. The van der Waals surface area contributed by atoms with Crippen molar-refractivity contribution < 1.29 is 9.59 Å². The maximum absolute atomic E-state index is 12.9. The molecule has 0 bridgehead atoms. The number of nitrogens with zero attached hydrogens (tertiary/aromatic N) is 2. The van der Waals surface area contributed by atoms with Crippen molar-refractivity contribution in [1.82, 2.24) is 14.8 Å². The standard InChI is InChI=1S/C17H27N3O2/c1-11-15(12(2)18-16(11)13(3)21)17(22)20-9-6-7-14(8-10-20)19(4)5/h14,18H,6-10H2,1-5H3/t14-/m1/s1. The third-order valence-electron chi connectivity index (χ3n) is 4.72. The van der Waals surface area contributed by atoms with Crippen LogP contribution in [0.5, 0.6) is 0 Å². The van der Waals surface area contributed by atoms with Gasteiger partial charge in [-0.05, 0) is 52.8 Å². The first-order valence-corrected chi connectivity index (χ1v) is 7.98. The minimum absolute atomic E-state index is 0.0248. The monoisotopic (exact) mass is 305 g/mol. The number of H-pyrrole nitrogens is 1. The lowest BCUT2D eigenvalue weighted by atomic mass is 10.1. The van der Waals surface area contributed by atoms with Crippen molar-refractivity contribution in [3.05, 3.63) is 22.5 Å². The summed E-state index contributed by atoms with van der Waals surface area (Å²) in [4.78, 5) is 31.8. The number of amides is 1. The molecule has 1 atom stereocenters. The number of hydrogen-bond donors (Lipinski definition) is 1. The average Bonchev–Trinajstić information content (AvgIpc) is 2.65. The fourth-order valence-electron chi connectivity index (χ4n) is 3.38. The van der Waals surface area contributed by atoms with Crippen LogP contribution >= 0.6 is 0 Å². The summed E-state index contributed by atoms with van der Waals surface area (Å²) in [5, 5.41) is 0. The van der Waals surface area contributed by atoms with Gasteiger partial charge in [-0.25, -0.2) is 0 Å². The van der Waals surface area contributed by atoms with Gasteiger partial charge < -0.3 is 14.8 Å². The Balaban J connectivity index is 2.20. The van der Waals surface area contributed by atoms with Crippen LogP contribution in [0.4, 0.5) is 0 Å². The zero-order valence-electron chi connectivity index (χ0n) is 14.3. The number of carbonyl (C=O) groups is 2. The molecule has 1 aliphatic rings. The second kappa shape index (κ2) is 6.65. The molecule has 1 N–H and O–H groups in total. The van der Waals surface area contributed by atoms with Gasteiger partial charge in [0.25, 0.3) is 5.91 Å². The summed E-state index contributed by atoms with van der Waals surface area (Å²) in [7, 11) is 4.20. The lowest BCUT2D eigenvalue weighted by molar-refractivity contribution is 0.0757. The Morgan fingerprint density at radius 1 is 1.18 bits per heavy atom. The Morgan fingerprint density at radius 2 is 1.86 bits per heavy atom. The van der Waals surface area contributed by atoms with Crippen molar-refractivity contribution in [3.63, 3.8) is 0 Å². The molecule has 1 fully saturated rings. The van der Waals surface area contributed by atoms with Crippen molar-refractivity contribution >= 4 is 11.7 Å². The van der Waals surface area contributed by atoms with E-state index in [-0.39, 0.29) is 11.7 Å². The normalized spacial score (nSPS) is 19.4. The lowest BCUT2D eigenvalue weighted by Gasteiger charge is -2.23. The third-order valence-corrected chi connectivity index (χ3v) is 4.72. The molecule has 0 radical (unpaired) electrons. The van der Waals surface area contributed by atoms with E-state index in [0.717, 1.165) is 43.6 Å². The number of aromatic nitrogens is 1. The zero-order valence-corrected chi connectivity index (χ0v) is 14.3. The van der Waals surface area contributed by atoms with Crippen LogP contribution in [0.15, 0.2) is 0 Å². The van der Waals surface area contributed by atoms with Crippen LogP contribution < -0.4 is 0 Å². The van der Waals surface area contributed by atoms with Crippen LogP contribution in [-0.4, -0.2) is 59.7 Å². The Morgan fingerprint density at radius 3 is 2.41 bits per heavy atom. The smallest absolute Gasteiger partial charge is 0.255 e. The molecule has 1 saturated heterocycles. The predicted octanol–water partition coefficient (Wildman–Crippen LogP) is 2.39. The number of aryl methyl sites for hydroxylation is 1. The van der Waals surface area contributed by atoms with E-state index in [0.29, 0.717) is 17.3 Å². The van der Waals surface area contributed by atoms with E-state index < -0.39 is 0 Å². The van der Waals surface area contributed by atoms with E-state index in [1.54, 1.807) is 0 Å². The highest BCUT2D eigenvalue weighted by Gasteiger charge is 2.27. The fourth-order valence-corrected chi connectivity index (χ4v) is 3.38. The summed E-state index contributed by atoms with van der Waals surface area (Å²) in [6.45, 7) is 6.82. The molecule has 1 aliphatic heterocycles. The van der Waals surface area contributed by atoms with Gasteiger partial charge in [-0.15, -0.1) is 0 Å². The first-order valence-electron chi connectivity index (χ1n) is 7.98. The van der Waals surface area contributed by atoms with Crippen LogP contribution in [0.25, 0.3) is 0 Å². The van der Waals surface area contributed by atoms with Gasteiger partial charge in [-0.3, -0.25) is 9.59 Å². The van der Waals surface area contributed by atoms with Gasteiger partial charge in [-0.1, -0.05) is 0 Å². The van der Waals surface area contributed by atoms with Crippen molar-refractivity contribution in [2.75, 3.05) is 27.2 Å². The van der Waals surface area contributed by atoms with Crippen molar-refractivity contribution in [1.29, 1.82) is 0 Å². The maximum atomic E-state index is 12.9. The largest absolute Gasteiger partial charge is 0.355 e. The molecule has 122 valence electrons. The number of rotatable bonds is 3. The Bertz CT molecular complexity index is 575. The number of carbonyl (C=O) groups excluding carboxylic acids is 2. The maximum Gasteiger partial charge on any atom is 0.255 e. The highest BCUT2D eigenvalue weighted by molar-refractivity contribution is 6.02. The topological polar surface area (TPSA) is 56.4 Å². The molecule has 0 spiro atoms. The Labute approximate surface area is 132 Å². The quantitative estimate of drug-likeness (QED) is 0.872. The van der Waals surface area contributed by atoms with Crippen LogP contribution in [0, 0.1) is 13.8 Å². The fraction of sp³-hybridized carbons (Fsp3) is 0.647. The summed E-state index contributed by atoms with van der Waals surface area (Å²) in [5.74, 6) is 0.0290. The van der Waals surface area contributed by atoms with Crippen LogP contribution in [0.2, 0.25) is 0 Å². The van der Waals surface area contributed by atoms with E-state index in [4.69, 9.17) is 0 Å². The average molecular weight is 305 g/mol. The van der Waals surface area contributed by atoms with Gasteiger partial charge in [0.15, 0.2) is 5.78 Å². The van der Waals surface area contributed by atoms with Gasteiger partial charge in [0.05, 0.1) is 11.3 Å². The summed E-state index contributed by atoms with van der Waals surface area (Å²) in [5.41, 5.74) is 2.81. The highest BCUT2D eigenvalue weighted by Crippen LogP contribution is 2.23. The number of aromatic amines is 1. The van der Waals surface area contributed by atoms with Gasteiger partial charge in [-0.2, -0.15) is 0 Å². The first-order chi connectivity index (χ1) is 10.3. The van der Waals surface area contributed by atoms with E-state index in [1.165, 1.54) is 6.92 Å². The molecule has 0 aliphatic carbocycles. The van der Waals surface area contributed by atoms with Gasteiger partial charge >= 0.3 is 0 Å². The van der Waals surface area contributed by atoms with Crippen molar-refractivity contribution in [2.45, 2.75) is 46.1 Å². The molecular weight excluding hydrogens is 278 g/mol. The molecule has 2 heterocycles. The van der Waals surface area contributed by atoms with Gasteiger partial charge in [0.2, 0.25) is 0 Å². The van der Waals surface area contributed by atoms with Crippen molar-refractivity contribution in [2.24, 2.45) is 0 Å². The molecular formula is C17H27N3O2. The molecule has 1 aromatic heterocycles. The molecule has 5 heteroatoms. The molecule has 0 aromatic carbocycles. The second-order valence-corrected chi connectivity index (χ2v) is 6.52. The number of likely N-dealkylation sites (tertiary alicyclic amines) is 1. The summed E-state index contributed by atoms with van der Waals surface area (Å²) in [6.07, 6.45) is 3.15. The zero-order chi connectivity index (χ0) is 16.4. The number of hydrogen-bond acceptors (Lipinski definition) is 3. The highest BCUT2D eigenvalue weighted by atomic mass is 16.2. The SMILES string of the molecule is CC(=O)c1[nH]c(C)c(C(=O)N2CCC[C@@H](N(C)C)CC2)c1C. The van der Waals surface area contributed by atoms with Crippen molar-refractivity contribution in [3.8, 4) is 0 Å². The van der Waals surface area contributed by atoms with E-state index >= 15 is 0 Å². The van der Waals surface area contributed by atoms with E-state index in [1.807, 2.05) is 18.7 Å². The summed E-state index contributed by atoms with van der Waals surface area (Å²) < 4.78 is 0. The van der Waals surface area contributed by atoms with E-state index in [9.17, 15) is 9.59 Å². The molecule has 0 saturated carbocycles. The number of Topliss-reactive ketones (excluding diaryl/α,β-unsaturated/α-hetero) is 1. The van der Waals surface area contributed by atoms with Gasteiger partial charge in [0, 0.05) is 31.7 Å². The van der Waals surface area contributed by atoms with Crippen LogP contribution in [0.1, 0.15) is 58.3 Å². The summed E-state index contributed by atoms with van der Waals surface area (Å²) >= 11 is 0. The Kier molecular flexibility index (Phi) is 5.06. The van der Waals surface area contributed by atoms with Crippen LogP contribution in [0.3, 0.4) is 0 Å². The molecule has 0 unspecified atom stereocenters. The number of ketones is 1. The number of nitrogens with one attached hydrogen (secondary N) is 1. The predicted molar refractivity (Wildman–Crippen MR) is 87.5 cm³/mol. The molecule has 22 heavy (non-hydrogen) atoms. The molecule has 2 rings (SSSR count). The molecule has 1 aromatic rings. The minimum atomic E-state index is -0.0248. The molecule has 1 amide bonds. The minimum Gasteiger partial charge on any atom is -0.355 e. The first kappa shape index (κ1) is 16.7. The van der Waals surface area contributed by atoms with Gasteiger partial charge in [0.1, 0.15) is 0 Å². The third kappa shape index (κ3) is 3.24.